The van der Waals surface area contributed by atoms with Crippen molar-refractivity contribution >= 4 is 30.9 Å². The van der Waals surface area contributed by atoms with E-state index in [2.05, 4.69) is 51.1 Å². The standard InChI is InChI=1S/C19H36N2O5SSi/c1-12(2)19(6,7)28(8,9)26-15(13(23)11-22)14-10-20-16(27-14)21-17(24)25-18(3,4)5/h10,12-13,15,22-23H,11H2,1-9H3,(H,20,21,24)/t13-,15+/m1/s1. The van der Waals surface area contributed by atoms with Crippen molar-refractivity contribution in [3.63, 3.8) is 0 Å². The number of carbonyl (C=O) groups is 1. The van der Waals surface area contributed by atoms with Gasteiger partial charge in [-0.05, 0) is 44.8 Å². The van der Waals surface area contributed by atoms with Crippen molar-refractivity contribution in [2.24, 2.45) is 5.92 Å². The van der Waals surface area contributed by atoms with Gasteiger partial charge < -0.3 is 19.4 Å². The van der Waals surface area contributed by atoms with Crippen LogP contribution in [0.25, 0.3) is 0 Å². The number of hydrogen-bond donors (Lipinski definition) is 3. The zero-order valence-electron chi connectivity index (χ0n) is 18.5. The third-order valence-electron chi connectivity index (χ3n) is 5.37. The highest BCUT2D eigenvalue weighted by molar-refractivity contribution is 7.15. The molecule has 0 saturated carbocycles. The molecule has 0 bridgehead atoms. The molecule has 7 nitrogen and oxygen atoms in total. The second kappa shape index (κ2) is 9.21. The fourth-order valence-corrected chi connectivity index (χ4v) is 6.04. The molecule has 0 spiro atoms. The number of ether oxygens (including phenoxy) is 1. The van der Waals surface area contributed by atoms with Gasteiger partial charge in [0, 0.05) is 6.20 Å². The predicted molar refractivity (Wildman–Crippen MR) is 115 cm³/mol. The molecule has 0 aliphatic carbocycles. The van der Waals surface area contributed by atoms with Crippen LogP contribution in [0.1, 0.15) is 59.4 Å². The van der Waals surface area contributed by atoms with E-state index >= 15 is 0 Å². The average molecular weight is 433 g/mol. The summed E-state index contributed by atoms with van der Waals surface area (Å²) < 4.78 is 11.7. The van der Waals surface area contributed by atoms with Gasteiger partial charge in [-0.3, -0.25) is 5.32 Å². The molecule has 0 radical (unpaired) electrons. The van der Waals surface area contributed by atoms with E-state index in [-0.39, 0.29) is 5.04 Å². The molecule has 1 amide bonds. The van der Waals surface area contributed by atoms with Crippen LogP contribution in [0.5, 0.6) is 0 Å². The number of nitrogens with one attached hydrogen (secondary N) is 1. The summed E-state index contributed by atoms with van der Waals surface area (Å²) in [5.41, 5.74) is -0.610. The summed E-state index contributed by atoms with van der Waals surface area (Å²) in [7, 11) is -2.28. The van der Waals surface area contributed by atoms with Crippen molar-refractivity contribution in [3.05, 3.63) is 11.1 Å². The quantitative estimate of drug-likeness (QED) is 0.521. The van der Waals surface area contributed by atoms with Crippen LogP contribution in [0.4, 0.5) is 9.93 Å². The number of aliphatic hydroxyl groups excluding tert-OH is 2. The first kappa shape index (κ1) is 25.0. The molecule has 1 aromatic rings. The maximum atomic E-state index is 12.0. The van der Waals surface area contributed by atoms with Gasteiger partial charge in [0.1, 0.15) is 17.8 Å². The molecule has 0 saturated heterocycles. The molecule has 1 rings (SSSR count). The monoisotopic (exact) mass is 432 g/mol. The summed E-state index contributed by atoms with van der Waals surface area (Å²) in [6.07, 6.45) is -0.821. The van der Waals surface area contributed by atoms with Crippen LogP contribution in [0.15, 0.2) is 6.20 Å². The minimum Gasteiger partial charge on any atom is -0.444 e. The van der Waals surface area contributed by atoms with Crippen molar-refractivity contribution in [2.75, 3.05) is 11.9 Å². The molecular weight excluding hydrogens is 396 g/mol. The third-order valence-corrected chi connectivity index (χ3v) is 10.9. The molecule has 1 aromatic heterocycles. The second-order valence-electron chi connectivity index (χ2n) is 9.37. The molecule has 0 aliphatic rings. The Morgan fingerprint density at radius 3 is 2.32 bits per heavy atom. The number of amides is 1. The molecule has 0 unspecified atom stereocenters. The van der Waals surface area contributed by atoms with E-state index in [1.807, 2.05) is 0 Å². The first-order valence-corrected chi connectivity index (χ1v) is 13.3. The van der Waals surface area contributed by atoms with Crippen LogP contribution in [-0.2, 0) is 9.16 Å². The van der Waals surface area contributed by atoms with E-state index in [9.17, 15) is 15.0 Å². The zero-order valence-corrected chi connectivity index (χ0v) is 20.3. The number of rotatable bonds is 8. The van der Waals surface area contributed by atoms with Crippen LogP contribution in [0, 0.1) is 5.92 Å². The third kappa shape index (κ3) is 6.52. The maximum absolute atomic E-state index is 12.0. The molecule has 2 atom stereocenters. The summed E-state index contributed by atoms with van der Waals surface area (Å²) in [4.78, 5) is 16.8. The van der Waals surface area contributed by atoms with E-state index in [1.54, 1.807) is 27.0 Å². The Bertz CT molecular complexity index is 655. The van der Waals surface area contributed by atoms with Crippen molar-refractivity contribution < 1.29 is 24.2 Å². The van der Waals surface area contributed by atoms with Gasteiger partial charge in [0.05, 0.1) is 11.5 Å². The Labute approximate surface area is 173 Å². The smallest absolute Gasteiger partial charge is 0.413 e. The molecule has 3 N–H and O–H groups in total. The summed E-state index contributed by atoms with van der Waals surface area (Å²) in [5, 5.41) is 22.8. The van der Waals surface area contributed by atoms with Gasteiger partial charge in [0.25, 0.3) is 0 Å². The topological polar surface area (TPSA) is 101 Å². The van der Waals surface area contributed by atoms with Crippen LogP contribution in [0.2, 0.25) is 18.1 Å². The Kier molecular flexibility index (Phi) is 8.23. The largest absolute Gasteiger partial charge is 0.444 e. The first-order valence-electron chi connectivity index (χ1n) is 9.53. The van der Waals surface area contributed by atoms with Gasteiger partial charge in [0.15, 0.2) is 13.4 Å². The minimum absolute atomic E-state index is 0.0529. The lowest BCUT2D eigenvalue weighted by Crippen LogP contribution is -2.47. The Balaban J connectivity index is 3.04. The number of aromatic nitrogens is 1. The van der Waals surface area contributed by atoms with Gasteiger partial charge in [-0.1, -0.05) is 39.0 Å². The van der Waals surface area contributed by atoms with Crippen molar-refractivity contribution in [1.29, 1.82) is 0 Å². The van der Waals surface area contributed by atoms with E-state index in [4.69, 9.17) is 9.16 Å². The number of thiazole rings is 1. The fourth-order valence-electron chi connectivity index (χ4n) is 2.45. The van der Waals surface area contributed by atoms with Crippen LogP contribution in [0.3, 0.4) is 0 Å². The Hall–Kier alpha value is -1.00. The lowest BCUT2D eigenvalue weighted by atomic mass is 9.99. The fraction of sp³-hybridized carbons (Fsp3) is 0.789. The molecule has 0 fully saturated rings. The van der Waals surface area contributed by atoms with E-state index < -0.39 is 38.8 Å². The lowest BCUT2D eigenvalue weighted by molar-refractivity contribution is -0.00803. The van der Waals surface area contributed by atoms with Crippen LogP contribution in [-0.4, -0.2) is 47.9 Å². The Morgan fingerprint density at radius 2 is 1.86 bits per heavy atom. The summed E-state index contributed by atoms with van der Waals surface area (Å²) in [6.45, 7) is 17.8. The maximum Gasteiger partial charge on any atom is 0.413 e. The molecule has 0 aromatic carbocycles. The molecule has 9 heteroatoms. The molecule has 162 valence electrons. The summed E-state index contributed by atoms with van der Waals surface area (Å²) in [5.74, 6) is 0.395. The van der Waals surface area contributed by atoms with Crippen molar-refractivity contribution in [1.82, 2.24) is 4.98 Å². The van der Waals surface area contributed by atoms with E-state index in [0.29, 0.717) is 15.9 Å². The number of anilines is 1. The number of carbonyl (C=O) groups excluding carboxylic acids is 1. The van der Waals surface area contributed by atoms with Gasteiger partial charge >= 0.3 is 6.09 Å². The molecule has 0 aliphatic heterocycles. The summed E-state index contributed by atoms with van der Waals surface area (Å²) in [6, 6.07) is 0. The molecule has 28 heavy (non-hydrogen) atoms. The van der Waals surface area contributed by atoms with Crippen molar-refractivity contribution in [2.45, 2.75) is 84.4 Å². The average Bonchev–Trinajstić information content (AvgIpc) is 2.97. The van der Waals surface area contributed by atoms with E-state index in [1.165, 1.54) is 11.3 Å². The van der Waals surface area contributed by atoms with Gasteiger partial charge in [-0.25, -0.2) is 9.78 Å². The highest BCUT2D eigenvalue weighted by atomic mass is 32.1. The first-order chi connectivity index (χ1) is 12.6. The second-order valence-corrected chi connectivity index (χ2v) is 15.0. The SMILES string of the molecule is CC(C)C(C)(C)[Si](C)(C)O[C@H](c1cnc(NC(=O)OC(C)(C)C)s1)[C@H](O)CO. The minimum atomic E-state index is -2.28. The zero-order chi connectivity index (χ0) is 21.9. The van der Waals surface area contributed by atoms with Crippen LogP contribution >= 0.6 is 11.3 Å². The van der Waals surface area contributed by atoms with Gasteiger partial charge in [-0.15, -0.1) is 0 Å². The molecule has 1 heterocycles. The molecular formula is C19H36N2O5SSi. The van der Waals surface area contributed by atoms with Crippen LogP contribution < -0.4 is 5.32 Å². The summed E-state index contributed by atoms with van der Waals surface area (Å²) >= 11 is 1.20. The highest BCUT2D eigenvalue weighted by Crippen LogP contribution is 2.47. The highest BCUT2D eigenvalue weighted by Gasteiger charge is 2.46. The Morgan fingerprint density at radius 1 is 1.29 bits per heavy atom. The number of aliphatic hydroxyl groups is 2. The lowest BCUT2D eigenvalue weighted by Gasteiger charge is -2.44. The van der Waals surface area contributed by atoms with E-state index in [0.717, 1.165) is 0 Å². The predicted octanol–water partition coefficient (Wildman–Crippen LogP) is 4.54. The number of hydrogen-bond acceptors (Lipinski definition) is 7. The number of nitrogens with zero attached hydrogens (tertiary/aromatic N) is 1. The van der Waals surface area contributed by atoms with Gasteiger partial charge in [0.2, 0.25) is 0 Å². The normalized spacial score (nSPS) is 15.4. The van der Waals surface area contributed by atoms with Crippen molar-refractivity contribution in [3.8, 4) is 0 Å². The van der Waals surface area contributed by atoms with Gasteiger partial charge in [-0.2, -0.15) is 0 Å².